The summed E-state index contributed by atoms with van der Waals surface area (Å²) in [5.41, 5.74) is 3.66. The van der Waals surface area contributed by atoms with E-state index in [4.69, 9.17) is 0 Å². The molecule has 5 nitrogen and oxygen atoms in total. The first-order valence-corrected chi connectivity index (χ1v) is 8.07. The Bertz CT molecular complexity index is 937. The van der Waals surface area contributed by atoms with Crippen LogP contribution in [0.2, 0.25) is 0 Å². The van der Waals surface area contributed by atoms with Crippen LogP contribution >= 0.6 is 0 Å². The molecule has 0 fully saturated rings. The number of aromatic hydroxyl groups is 1. The molecule has 0 bridgehead atoms. The number of aliphatic hydroxyl groups excluding tert-OH is 1. The summed E-state index contributed by atoms with van der Waals surface area (Å²) in [4.78, 5) is 17.1. The zero-order chi connectivity index (χ0) is 18.0. The van der Waals surface area contributed by atoms with E-state index in [0.717, 1.165) is 22.2 Å². The van der Waals surface area contributed by atoms with Crippen molar-refractivity contribution in [3.63, 3.8) is 0 Å². The Morgan fingerprint density at radius 1 is 1.16 bits per heavy atom. The van der Waals surface area contributed by atoms with Crippen LogP contribution in [0.25, 0.3) is 10.9 Å². The maximum atomic E-state index is 12.6. The molecule has 0 aliphatic rings. The highest BCUT2D eigenvalue weighted by molar-refractivity contribution is 6.06. The van der Waals surface area contributed by atoms with E-state index in [9.17, 15) is 15.0 Å². The van der Waals surface area contributed by atoms with Gasteiger partial charge < -0.3 is 15.5 Å². The first-order valence-electron chi connectivity index (χ1n) is 8.07. The molecule has 1 amide bonds. The minimum absolute atomic E-state index is 0.0525. The van der Waals surface area contributed by atoms with Crippen LogP contribution in [0.5, 0.6) is 5.75 Å². The number of phenols is 1. The van der Waals surface area contributed by atoms with Crippen molar-refractivity contribution >= 4 is 16.8 Å². The van der Waals surface area contributed by atoms with Gasteiger partial charge in [0.2, 0.25) is 0 Å². The van der Waals surface area contributed by atoms with Gasteiger partial charge in [-0.05, 0) is 49.7 Å². The van der Waals surface area contributed by atoms with Gasteiger partial charge in [0.25, 0.3) is 5.91 Å². The summed E-state index contributed by atoms with van der Waals surface area (Å²) in [6, 6.07) is 13.9. The van der Waals surface area contributed by atoms with Crippen LogP contribution in [0, 0.1) is 13.8 Å². The summed E-state index contributed by atoms with van der Waals surface area (Å²) >= 11 is 0. The molecule has 0 unspecified atom stereocenters. The van der Waals surface area contributed by atoms with Gasteiger partial charge >= 0.3 is 0 Å². The normalized spacial score (nSPS) is 12.1. The molecular formula is C20H20N2O3. The van der Waals surface area contributed by atoms with Gasteiger partial charge in [-0.1, -0.05) is 23.8 Å². The fourth-order valence-corrected chi connectivity index (χ4v) is 2.79. The molecule has 3 N–H and O–H groups in total. The molecule has 5 heteroatoms. The van der Waals surface area contributed by atoms with Crippen LogP contribution < -0.4 is 5.32 Å². The third-order valence-electron chi connectivity index (χ3n) is 4.05. The quantitative estimate of drug-likeness (QED) is 0.684. The largest absolute Gasteiger partial charge is 0.508 e. The lowest BCUT2D eigenvalue weighted by Crippen LogP contribution is -2.28. The summed E-state index contributed by atoms with van der Waals surface area (Å²) in [7, 11) is 0. The molecule has 0 saturated heterocycles. The van der Waals surface area contributed by atoms with Gasteiger partial charge in [0.05, 0.1) is 17.2 Å². The molecule has 0 spiro atoms. The zero-order valence-electron chi connectivity index (χ0n) is 14.2. The average Bonchev–Trinajstić information content (AvgIpc) is 2.59. The van der Waals surface area contributed by atoms with Crippen molar-refractivity contribution < 1.29 is 15.0 Å². The number of nitrogens with one attached hydrogen (secondary N) is 1. The fraction of sp³-hybridized carbons (Fsp3) is 0.200. The predicted molar refractivity (Wildman–Crippen MR) is 96.6 cm³/mol. The van der Waals surface area contributed by atoms with Gasteiger partial charge in [-0.15, -0.1) is 0 Å². The highest BCUT2D eigenvalue weighted by Crippen LogP contribution is 2.21. The van der Waals surface area contributed by atoms with Crippen molar-refractivity contribution in [2.45, 2.75) is 20.0 Å². The van der Waals surface area contributed by atoms with Crippen molar-refractivity contribution in [2.24, 2.45) is 0 Å². The van der Waals surface area contributed by atoms with Crippen molar-refractivity contribution in [3.8, 4) is 5.75 Å². The van der Waals surface area contributed by atoms with Gasteiger partial charge in [-0.3, -0.25) is 9.78 Å². The summed E-state index contributed by atoms with van der Waals surface area (Å²) in [5, 5.41) is 23.2. The molecule has 2 aromatic carbocycles. The fourth-order valence-electron chi connectivity index (χ4n) is 2.79. The van der Waals surface area contributed by atoms with E-state index in [1.54, 1.807) is 18.2 Å². The third-order valence-corrected chi connectivity index (χ3v) is 4.05. The number of phenolic OH excluding ortho intramolecular Hbond substituents is 1. The second-order valence-electron chi connectivity index (χ2n) is 6.15. The van der Waals surface area contributed by atoms with E-state index in [1.807, 2.05) is 32.0 Å². The molecule has 1 aromatic heterocycles. The lowest BCUT2D eigenvalue weighted by molar-refractivity contribution is 0.0918. The lowest BCUT2D eigenvalue weighted by Gasteiger charge is -2.14. The minimum Gasteiger partial charge on any atom is -0.508 e. The van der Waals surface area contributed by atoms with Gasteiger partial charge in [0.1, 0.15) is 5.75 Å². The van der Waals surface area contributed by atoms with Gasteiger partial charge in [0, 0.05) is 17.6 Å². The van der Waals surface area contributed by atoms with Crippen LogP contribution in [0.4, 0.5) is 0 Å². The number of carbonyl (C=O) groups is 1. The SMILES string of the molecule is Cc1ccc2nc(C)cc(C(=O)NC[C@H](O)c3cccc(O)c3)c2c1. The van der Waals surface area contributed by atoms with E-state index in [2.05, 4.69) is 10.3 Å². The van der Waals surface area contributed by atoms with Crippen LogP contribution in [0.1, 0.15) is 33.3 Å². The van der Waals surface area contributed by atoms with Crippen molar-refractivity contribution in [2.75, 3.05) is 6.54 Å². The Kier molecular flexibility index (Phi) is 4.67. The van der Waals surface area contributed by atoms with Crippen LogP contribution in [0.3, 0.4) is 0 Å². The standard InChI is InChI=1S/C20H20N2O3/c1-12-6-7-18-16(8-12)17(9-13(2)22-18)20(25)21-11-19(24)14-4-3-5-15(23)10-14/h3-10,19,23-24H,11H2,1-2H3,(H,21,25)/t19-/m0/s1. The van der Waals surface area contributed by atoms with Crippen molar-refractivity contribution in [1.82, 2.24) is 10.3 Å². The molecular weight excluding hydrogens is 316 g/mol. The Morgan fingerprint density at radius 3 is 2.72 bits per heavy atom. The second-order valence-corrected chi connectivity index (χ2v) is 6.15. The molecule has 3 rings (SSSR count). The smallest absolute Gasteiger partial charge is 0.252 e. The van der Waals surface area contributed by atoms with Crippen molar-refractivity contribution in [1.29, 1.82) is 0 Å². The van der Waals surface area contributed by atoms with E-state index < -0.39 is 6.10 Å². The van der Waals surface area contributed by atoms with Crippen LogP contribution in [0.15, 0.2) is 48.5 Å². The summed E-state index contributed by atoms with van der Waals surface area (Å²) < 4.78 is 0. The molecule has 1 atom stereocenters. The van der Waals surface area contributed by atoms with E-state index in [0.29, 0.717) is 11.1 Å². The number of hydrogen-bond acceptors (Lipinski definition) is 4. The number of hydrogen-bond donors (Lipinski definition) is 3. The zero-order valence-corrected chi connectivity index (χ0v) is 14.2. The highest BCUT2D eigenvalue weighted by Gasteiger charge is 2.15. The number of amides is 1. The highest BCUT2D eigenvalue weighted by atomic mass is 16.3. The number of aliphatic hydroxyl groups is 1. The maximum Gasteiger partial charge on any atom is 0.252 e. The topological polar surface area (TPSA) is 82.5 Å². The van der Waals surface area contributed by atoms with E-state index in [-0.39, 0.29) is 18.2 Å². The number of pyridine rings is 1. The molecule has 25 heavy (non-hydrogen) atoms. The molecule has 1 heterocycles. The number of fused-ring (bicyclic) bond motifs is 1. The van der Waals surface area contributed by atoms with Crippen molar-refractivity contribution in [3.05, 3.63) is 70.9 Å². The van der Waals surface area contributed by atoms with Crippen LogP contribution in [-0.2, 0) is 0 Å². The summed E-state index contributed by atoms with van der Waals surface area (Å²) in [6.45, 7) is 3.86. The predicted octanol–water partition coefficient (Wildman–Crippen LogP) is 3.02. The minimum atomic E-state index is -0.896. The Morgan fingerprint density at radius 2 is 1.96 bits per heavy atom. The molecule has 0 aliphatic heterocycles. The summed E-state index contributed by atoms with van der Waals surface area (Å²) in [6.07, 6.45) is -0.896. The Labute approximate surface area is 146 Å². The third kappa shape index (κ3) is 3.78. The molecule has 0 saturated carbocycles. The van der Waals surface area contributed by atoms with E-state index >= 15 is 0 Å². The Balaban J connectivity index is 1.82. The van der Waals surface area contributed by atoms with Gasteiger partial charge in [-0.2, -0.15) is 0 Å². The molecule has 128 valence electrons. The van der Waals surface area contributed by atoms with Gasteiger partial charge in [0.15, 0.2) is 0 Å². The lowest BCUT2D eigenvalue weighted by atomic mass is 10.0. The first kappa shape index (κ1) is 16.9. The first-order chi connectivity index (χ1) is 11.9. The monoisotopic (exact) mass is 336 g/mol. The number of aromatic nitrogens is 1. The number of rotatable bonds is 4. The Hall–Kier alpha value is -2.92. The average molecular weight is 336 g/mol. The molecule has 3 aromatic rings. The number of benzene rings is 2. The number of nitrogens with zero attached hydrogens (tertiary/aromatic N) is 1. The maximum absolute atomic E-state index is 12.6. The number of carbonyl (C=O) groups excluding carboxylic acids is 1. The summed E-state index contributed by atoms with van der Waals surface area (Å²) in [5.74, 6) is -0.186. The van der Waals surface area contributed by atoms with E-state index in [1.165, 1.54) is 12.1 Å². The number of aryl methyl sites for hydroxylation is 2. The molecule has 0 aliphatic carbocycles. The van der Waals surface area contributed by atoms with Crippen LogP contribution in [-0.4, -0.2) is 27.6 Å². The molecule has 0 radical (unpaired) electrons. The second kappa shape index (κ2) is 6.91. The van der Waals surface area contributed by atoms with Gasteiger partial charge in [-0.25, -0.2) is 0 Å².